The van der Waals surface area contributed by atoms with Crippen LogP contribution in [0.15, 0.2) is 36.5 Å². The van der Waals surface area contributed by atoms with Gasteiger partial charge in [-0.1, -0.05) is 0 Å². The molecule has 0 amide bonds. The van der Waals surface area contributed by atoms with Gasteiger partial charge in [0.1, 0.15) is 11.9 Å². The van der Waals surface area contributed by atoms with Crippen LogP contribution in [0.1, 0.15) is 25.1 Å². The fourth-order valence-electron chi connectivity index (χ4n) is 6.10. The van der Waals surface area contributed by atoms with Crippen LogP contribution >= 0.6 is 0 Å². The van der Waals surface area contributed by atoms with Gasteiger partial charge in [0.2, 0.25) is 5.95 Å². The molecule has 0 unspecified atom stereocenters. The van der Waals surface area contributed by atoms with Crippen molar-refractivity contribution in [2.75, 3.05) is 60.5 Å². The fraction of sp³-hybridized carbons (Fsp3) is 0.481. The number of piperazine rings is 2. The lowest BCUT2D eigenvalue weighted by atomic mass is 9.94. The first-order valence-electron chi connectivity index (χ1n) is 12.7. The van der Waals surface area contributed by atoms with Crippen LogP contribution in [0.25, 0.3) is 10.9 Å². The van der Waals surface area contributed by atoms with Crippen LogP contribution in [-0.2, 0) is 0 Å². The molecular formula is C27H33N9. The number of hydrogen-bond donors (Lipinski definition) is 1. The zero-order valence-electron chi connectivity index (χ0n) is 21.2. The molecule has 9 nitrogen and oxygen atoms in total. The number of nitriles is 1. The van der Waals surface area contributed by atoms with Crippen molar-refractivity contribution in [2.45, 2.75) is 38.4 Å². The monoisotopic (exact) mass is 483 g/mol. The molecule has 5 heterocycles. The van der Waals surface area contributed by atoms with E-state index in [1.54, 1.807) is 6.20 Å². The molecule has 0 saturated carbocycles. The van der Waals surface area contributed by atoms with Crippen molar-refractivity contribution in [3.8, 4) is 6.07 Å². The standard InChI is InChI=1S/C27H33N9/c1-18-11-24(32-26(31-18)35-16-27(3,29)17-35)33-9-10-36-19(2)13-34(15-21(36)14-33)23-7-6-20(12-28)25-22(23)5-4-8-30-25/h4-8,11,19,21H,9-10,13-17,29H2,1-3H3/t19-,21+/m1/s1. The Bertz CT molecular complexity index is 1340. The SMILES string of the molecule is Cc1cc(N2CCN3[C@@H](C2)CN(c2ccc(C#N)c4ncccc24)C[C@H]3C)nc(N2CC(C)(N)C2)n1. The Morgan fingerprint density at radius 1 is 1.06 bits per heavy atom. The molecule has 186 valence electrons. The summed E-state index contributed by atoms with van der Waals surface area (Å²) in [7, 11) is 0. The van der Waals surface area contributed by atoms with E-state index in [2.05, 4.69) is 67.7 Å². The minimum atomic E-state index is -0.161. The van der Waals surface area contributed by atoms with Gasteiger partial charge < -0.3 is 20.4 Å². The summed E-state index contributed by atoms with van der Waals surface area (Å²) in [6, 6.07) is 13.2. The number of anilines is 3. The minimum Gasteiger partial charge on any atom is -0.368 e. The van der Waals surface area contributed by atoms with Crippen molar-refractivity contribution < 1.29 is 0 Å². The van der Waals surface area contributed by atoms with Crippen LogP contribution in [0.5, 0.6) is 0 Å². The average molecular weight is 484 g/mol. The van der Waals surface area contributed by atoms with Crippen LogP contribution in [0, 0.1) is 18.3 Å². The van der Waals surface area contributed by atoms with Gasteiger partial charge in [-0.05, 0) is 45.0 Å². The number of aromatic nitrogens is 3. The van der Waals surface area contributed by atoms with Crippen molar-refractivity contribution in [2.24, 2.45) is 5.73 Å². The number of nitrogens with zero attached hydrogens (tertiary/aromatic N) is 8. The Labute approximate surface area is 212 Å². The lowest BCUT2D eigenvalue weighted by Gasteiger charge is -2.51. The molecule has 0 bridgehead atoms. The summed E-state index contributed by atoms with van der Waals surface area (Å²) < 4.78 is 0. The van der Waals surface area contributed by atoms with Crippen LogP contribution < -0.4 is 20.4 Å². The van der Waals surface area contributed by atoms with Crippen LogP contribution in [0.4, 0.5) is 17.5 Å². The van der Waals surface area contributed by atoms with Crippen LogP contribution in [0.3, 0.4) is 0 Å². The Balaban J connectivity index is 1.25. The highest BCUT2D eigenvalue weighted by molar-refractivity contribution is 5.95. The Morgan fingerprint density at radius 2 is 1.86 bits per heavy atom. The largest absolute Gasteiger partial charge is 0.368 e. The summed E-state index contributed by atoms with van der Waals surface area (Å²) in [6.07, 6.45) is 1.76. The third-order valence-electron chi connectivity index (χ3n) is 7.76. The second-order valence-electron chi connectivity index (χ2n) is 10.9. The van der Waals surface area contributed by atoms with E-state index in [-0.39, 0.29) is 5.54 Å². The molecule has 2 atom stereocenters. The van der Waals surface area contributed by atoms with Crippen molar-refractivity contribution >= 4 is 28.4 Å². The first kappa shape index (κ1) is 23.0. The highest BCUT2D eigenvalue weighted by Gasteiger charge is 2.39. The number of rotatable bonds is 3. The number of nitrogens with two attached hydrogens (primary N) is 1. The molecule has 3 saturated heterocycles. The lowest BCUT2D eigenvalue weighted by Crippen LogP contribution is -2.66. The molecule has 36 heavy (non-hydrogen) atoms. The first-order chi connectivity index (χ1) is 17.3. The topological polar surface area (TPSA) is 101 Å². The zero-order chi connectivity index (χ0) is 25.0. The Hall–Kier alpha value is -3.48. The van der Waals surface area contributed by atoms with Gasteiger partial charge >= 0.3 is 0 Å². The zero-order valence-corrected chi connectivity index (χ0v) is 21.2. The highest BCUT2D eigenvalue weighted by atomic mass is 15.4. The van der Waals surface area contributed by atoms with Gasteiger partial charge in [-0.15, -0.1) is 0 Å². The molecule has 0 aliphatic carbocycles. The summed E-state index contributed by atoms with van der Waals surface area (Å²) in [4.78, 5) is 23.9. The third-order valence-corrected chi connectivity index (χ3v) is 7.76. The number of aryl methyl sites for hydroxylation is 1. The summed E-state index contributed by atoms with van der Waals surface area (Å²) in [5.74, 6) is 1.78. The van der Waals surface area contributed by atoms with Gasteiger partial charge in [0, 0.05) is 92.5 Å². The predicted octanol–water partition coefficient (Wildman–Crippen LogP) is 2.14. The van der Waals surface area contributed by atoms with Crippen LogP contribution in [0.2, 0.25) is 0 Å². The Kier molecular flexibility index (Phi) is 5.47. The van der Waals surface area contributed by atoms with Gasteiger partial charge in [0.05, 0.1) is 11.1 Å². The highest BCUT2D eigenvalue weighted by Crippen LogP contribution is 2.33. The second kappa shape index (κ2) is 8.57. The number of benzene rings is 1. The van der Waals surface area contributed by atoms with Gasteiger partial charge in [0.25, 0.3) is 0 Å². The quantitative estimate of drug-likeness (QED) is 0.600. The maximum Gasteiger partial charge on any atom is 0.227 e. The summed E-state index contributed by atoms with van der Waals surface area (Å²) >= 11 is 0. The lowest BCUT2D eigenvalue weighted by molar-refractivity contribution is 0.108. The van der Waals surface area contributed by atoms with E-state index in [4.69, 9.17) is 10.7 Å². The summed E-state index contributed by atoms with van der Waals surface area (Å²) in [5.41, 5.74) is 9.61. The van der Waals surface area contributed by atoms with Crippen molar-refractivity contribution in [3.63, 3.8) is 0 Å². The van der Waals surface area contributed by atoms with Crippen molar-refractivity contribution in [1.82, 2.24) is 19.9 Å². The normalized spacial score (nSPS) is 23.8. The number of fused-ring (bicyclic) bond motifs is 2. The van der Waals surface area contributed by atoms with E-state index in [0.29, 0.717) is 17.6 Å². The molecule has 3 fully saturated rings. The molecule has 3 aromatic rings. The van der Waals surface area contributed by atoms with Gasteiger partial charge in [-0.2, -0.15) is 10.2 Å². The molecule has 2 N–H and O–H groups in total. The van der Waals surface area contributed by atoms with E-state index >= 15 is 0 Å². The average Bonchev–Trinajstić information content (AvgIpc) is 2.85. The summed E-state index contributed by atoms with van der Waals surface area (Å²) in [5, 5.41) is 10.6. The van der Waals surface area contributed by atoms with Gasteiger partial charge in [0.15, 0.2) is 0 Å². The van der Waals surface area contributed by atoms with E-state index in [1.165, 1.54) is 0 Å². The maximum atomic E-state index is 9.55. The first-order valence-corrected chi connectivity index (χ1v) is 12.7. The van der Waals surface area contributed by atoms with Gasteiger partial charge in [-0.25, -0.2) is 4.98 Å². The van der Waals surface area contributed by atoms with Crippen molar-refractivity contribution in [3.05, 3.63) is 47.8 Å². The van der Waals surface area contributed by atoms with Gasteiger partial charge in [-0.3, -0.25) is 9.88 Å². The Morgan fingerprint density at radius 3 is 2.64 bits per heavy atom. The molecular weight excluding hydrogens is 450 g/mol. The third kappa shape index (κ3) is 4.00. The molecule has 3 aliphatic heterocycles. The van der Waals surface area contributed by atoms with Crippen molar-refractivity contribution in [1.29, 1.82) is 5.26 Å². The molecule has 0 radical (unpaired) electrons. The smallest absolute Gasteiger partial charge is 0.227 e. The number of pyridine rings is 1. The molecule has 0 spiro atoms. The van der Waals surface area contributed by atoms with E-state index in [9.17, 15) is 5.26 Å². The van der Waals surface area contributed by atoms with E-state index < -0.39 is 0 Å². The van der Waals surface area contributed by atoms with E-state index in [1.807, 2.05) is 19.1 Å². The molecule has 1 aromatic carbocycles. The molecule has 9 heteroatoms. The number of hydrogen-bond acceptors (Lipinski definition) is 9. The second-order valence-corrected chi connectivity index (χ2v) is 10.9. The predicted molar refractivity (Wildman–Crippen MR) is 142 cm³/mol. The minimum absolute atomic E-state index is 0.161. The van der Waals surface area contributed by atoms with Crippen LogP contribution in [-0.4, -0.2) is 83.3 Å². The summed E-state index contributed by atoms with van der Waals surface area (Å²) in [6.45, 7) is 12.8. The molecule has 6 rings (SSSR count). The van der Waals surface area contributed by atoms with E-state index in [0.717, 1.165) is 79.9 Å². The molecule has 2 aromatic heterocycles. The maximum absolute atomic E-state index is 9.55. The molecule has 3 aliphatic rings. The fourth-order valence-corrected chi connectivity index (χ4v) is 6.10.